The van der Waals surface area contributed by atoms with Crippen molar-refractivity contribution in [1.29, 1.82) is 0 Å². The molecule has 0 aliphatic carbocycles. The Kier molecular flexibility index (Phi) is 4.82. The molecule has 158 valence electrons. The topological polar surface area (TPSA) is 46.5 Å². The first kappa shape index (κ1) is 19.2. The van der Waals surface area contributed by atoms with E-state index in [0.29, 0.717) is 6.61 Å². The summed E-state index contributed by atoms with van der Waals surface area (Å²) in [4.78, 5) is 2.36. The molecule has 5 rings (SSSR count). The van der Waals surface area contributed by atoms with E-state index in [1.165, 1.54) is 0 Å². The van der Waals surface area contributed by atoms with Gasteiger partial charge in [0, 0.05) is 37.9 Å². The van der Waals surface area contributed by atoms with E-state index in [0.717, 1.165) is 66.4 Å². The third-order valence-electron chi connectivity index (χ3n) is 6.48. The van der Waals surface area contributed by atoms with Crippen LogP contribution in [0.4, 0.5) is 0 Å². The maximum absolute atomic E-state index is 6.73. The third-order valence-corrected chi connectivity index (χ3v) is 6.48. The van der Waals surface area contributed by atoms with Crippen LogP contribution < -0.4 is 14.2 Å². The molecule has 0 saturated carbocycles. The lowest BCUT2D eigenvalue weighted by Gasteiger charge is -2.50. The summed E-state index contributed by atoms with van der Waals surface area (Å²) in [7, 11) is 3.88. The lowest BCUT2D eigenvalue weighted by atomic mass is 9.90. The lowest BCUT2D eigenvalue weighted by molar-refractivity contribution is -0.148. The fourth-order valence-corrected chi connectivity index (χ4v) is 4.81. The summed E-state index contributed by atoms with van der Waals surface area (Å²) in [5.41, 5.74) is 2.97. The van der Waals surface area contributed by atoms with Gasteiger partial charge in [0.15, 0.2) is 11.5 Å². The minimum Gasteiger partial charge on any atom is -0.494 e. The van der Waals surface area contributed by atoms with Gasteiger partial charge in [-0.05, 0) is 49.9 Å². The van der Waals surface area contributed by atoms with Gasteiger partial charge in [-0.2, -0.15) is 5.10 Å². The fourth-order valence-electron chi connectivity index (χ4n) is 4.81. The zero-order valence-corrected chi connectivity index (χ0v) is 17.9. The Labute approximate surface area is 178 Å². The van der Waals surface area contributed by atoms with Crippen molar-refractivity contribution in [3.63, 3.8) is 0 Å². The second kappa shape index (κ2) is 7.51. The fraction of sp³-hybridized carbons (Fsp3) is 0.458. The highest BCUT2D eigenvalue weighted by Gasteiger charge is 2.52. The van der Waals surface area contributed by atoms with Gasteiger partial charge < -0.3 is 19.1 Å². The number of fused-ring (bicyclic) bond motifs is 4. The van der Waals surface area contributed by atoms with E-state index in [1.54, 1.807) is 7.11 Å². The normalized spacial score (nSPS) is 22.2. The molecule has 3 aliphatic rings. The summed E-state index contributed by atoms with van der Waals surface area (Å²) in [6.45, 7) is 4.64. The van der Waals surface area contributed by atoms with Gasteiger partial charge in [0.1, 0.15) is 5.75 Å². The molecule has 6 nitrogen and oxygen atoms in total. The number of methoxy groups -OCH3 is 1. The van der Waals surface area contributed by atoms with Crippen molar-refractivity contribution >= 4 is 5.71 Å². The van der Waals surface area contributed by atoms with E-state index in [1.807, 2.05) is 31.2 Å². The smallest absolute Gasteiger partial charge is 0.200 e. The highest BCUT2D eigenvalue weighted by atomic mass is 16.5. The molecule has 0 unspecified atom stereocenters. The molecule has 3 aliphatic heterocycles. The Morgan fingerprint density at radius 2 is 1.90 bits per heavy atom. The van der Waals surface area contributed by atoms with Crippen LogP contribution in [0.1, 0.15) is 43.4 Å². The van der Waals surface area contributed by atoms with Gasteiger partial charge in [-0.15, -0.1) is 0 Å². The summed E-state index contributed by atoms with van der Waals surface area (Å²) in [6, 6.07) is 14.6. The highest BCUT2D eigenvalue weighted by Crippen LogP contribution is 2.52. The summed E-state index contributed by atoms with van der Waals surface area (Å²) >= 11 is 0. The van der Waals surface area contributed by atoms with Crippen LogP contribution in [-0.4, -0.2) is 55.2 Å². The minimum atomic E-state index is -0.425. The van der Waals surface area contributed by atoms with Crippen LogP contribution >= 0.6 is 0 Å². The largest absolute Gasteiger partial charge is 0.494 e. The van der Waals surface area contributed by atoms with Gasteiger partial charge in [-0.25, -0.2) is 5.01 Å². The number of hydrogen-bond donors (Lipinski definition) is 0. The van der Waals surface area contributed by atoms with Gasteiger partial charge >= 0.3 is 0 Å². The first-order valence-electron chi connectivity index (χ1n) is 10.8. The van der Waals surface area contributed by atoms with Crippen molar-refractivity contribution in [2.75, 3.05) is 33.9 Å². The Hall–Kier alpha value is -2.73. The van der Waals surface area contributed by atoms with Gasteiger partial charge in [0.05, 0.1) is 25.5 Å². The quantitative estimate of drug-likeness (QED) is 0.765. The van der Waals surface area contributed by atoms with Gasteiger partial charge in [0.2, 0.25) is 5.72 Å². The monoisotopic (exact) mass is 407 g/mol. The summed E-state index contributed by atoms with van der Waals surface area (Å²) in [5.74, 6) is 2.58. The van der Waals surface area contributed by atoms with E-state index in [4.69, 9.17) is 19.3 Å². The average Bonchev–Trinajstić information content (AvgIpc) is 3.23. The summed E-state index contributed by atoms with van der Waals surface area (Å²) < 4.78 is 18.0. The predicted octanol–water partition coefficient (Wildman–Crippen LogP) is 4.06. The number of hydrogen-bond acceptors (Lipinski definition) is 6. The molecule has 1 atom stereocenters. The standard InChI is InChI=1S/C24H29N3O3/c1-4-29-18-10-8-17(9-11-18)20-16-21-19-6-5-7-22(28-3)23(19)30-24(27(21)25-20)12-14-26(2)15-13-24/h5-11,21H,4,12-16H2,1-3H3/t21-/m0/s1. The number of likely N-dealkylation sites (tertiary alicyclic amines) is 1. The van der Waals surface area contributed by atoms with Crippen LogP contribution in [0.3, 0.4) is 0 Å². The van der Waals surface area contributed by atoms with Gasteiger partial charge in [-0.1, -0.05) is 12.1 Å². The molecular formula is C24H29N3O3. The third kappa shape index (κ3) is 3.10. The minimum absolute atomic E-state index is 0.161. The SMILES string of the molecule is CCOc1ccc(C2=NN3[C@@H](C2)c2cccc(OC)c2OC32CCN(C)CC2)cc1. The van der Waals surface area contributed by atoms with Crippen LogP contribution in [0.15, 0.2) is 47.6 Å². The number of ether oxygens (including phenoxy) is 3. The number of rotatable bonds is 4. The zero-order chi connectivity index (χ0) is 20.7. The van der Waals surface area contributed by atoms with E-state index in [-0.39, 0.29) is 6.04 Å². The van der Waals surface area contributed by atoms with Crippen LogP contribution in [0, 0.1) is 0 Å². The lowest BCUT2D eigenvalue weighted by Crippen LogP contribution is -2.58. The molecule has 2 aromatic carbocycles. The molecule has 0 N–H and O–H groups in total. The van der Waals surface area contributed by atoms with Crippen molar-refractivity contribution < 1.29 is 14.2 Å². The molecule has 0 amide bonds. The second-order valence-corrected chi connectivity index (χ2v) is 8.30. The van der Waals surface area contributed by atoms with Crippen molar-refractivity contribution in [3.8, 4) is 17.2 Å². The molecule has 1 saturated heterocycles. The molecule has 0 aromatic heterocycles. The van der Waals surface area contributed by atoms with E-state index in [9.17, 15) is 0 Å². The second-order valence-electron chi connectivity index (χ2n) is 8.30. The van der Waals surface area contributed by atoms with Crippen molar-refractivity contribution in [2.45, 2.75) is 38.0 Å². The molecule has 1 spiro atoms. The molecule has 0 radical (unpaired) electrons. The first-order valence-corrected chi connectivity index (χ1v) is 10.8. The van der Waals surface area contributed by atoms with Gasteiger partial charge in [-0.3, -0.25) is 0 Å². The highest BCUT2D eigenvalue weighted by molar-refractivity contribution is 6.02. The zero-order valence-electron chi connectivity index (χ0n) is 17.9. The Balaban J connectivity index is 1.54. The van der Waals surface area contributed by atoms with Crippen LogP contribution in [0.5, 0.6) is 17.2 Å². The Morgan fingerprint density at radius 1 is 1.13 bits per heavy atom. The number of benzene rings is 2. The van der Waals surface area contributed by atoms with E-state index in [2.05, 4.69) is 35.2 Å². The number of nitrogens with zero attached hydrogens (tertiary/aromatic N) is 3. The number of piperidine rings is 1. The molecular weight excluding hydrogens is 378 g/mol. The molecule has 6 heteroatoms. The van der Waals surface area contributed by atoms with Crippen molar-refractivity contribution in [2.24, 2.45) is 5.10 Å². The molecule has 3 heterocycles. The summed E-state index contributed by atoms with van der Waals surface area (Å²) in [6.07, 6.45) is 2.68. The average molecular weight is 408 g/mol. The van der Waals surface area contributed by atoms with Crippen LogP contribution in [-0.2, 0) is 0 Å². The number of hydrazone groups is 1. The first-order chi connectivity index (χ1) is 14.6. The van der Waals surface area contributed by atoms with Crippen LogP contribution in [0.2, 0.25) is 0 Å². The molecule has 0 bridgehead atoms. The van der Waals surface area contributed by atoms with Crippen molar-refractivity contribution in [3.05, 3.63) is 53.6 Å². The van der Waals surface area contributed by atoms with Gasteiger partial charge in [0.25, 0.3) is 0 Å². The predicted molar refractivity (Wildman–Crippen MR) is 116 cm³/mol. The molecule has 30 heavy (non-hydrogen) atoms. The maximum atomic E-state index is 6.73. The Bertz CT molecular complexity index is 949. The molecule has 1 fully saturated rings. The molecule has 2 aromatic rings. The summed E-state index contributed by atoms with van der Waals surface area (Å²) in [5, 5.41) is 7.38. The van der Waals surface area contributed by atoms with E-state index >= 15 is 0 Å². The number of para-hydroxylation sites is 1. The van der Waals surface area contributed by atoms with E-state index < -0.39 is 5.72 Å². The maximum Gasteiger partial charge on any atom is 0.200 e. The Morgan fingerprint density at radius 3 is 2.60 bits per heavy atom. The van der Waals surface area contributed by atoms with Crippen LogP contribution in [0.25, 0.3) is 0 Å². The van der Waals surface area contributed by atoms with Crippen molar-refractivity contribution in [1.82, 2.24) is 9.91 Å².